The number of aromatic hydroxyl groups is 1. The van der Waals surface area contributed by atoms with Crippen LogP contribution in [0.25, 0.3) is 0 Å². The molecule has 5 atom stereocenters. The number of benzene rings is 1. The Balaban J connectivity index is 1.71. The van der Waals surface area contributed by atoms with Gasteiger partial charge in [-0.1, -0.05) is 12.2 Å². The van der Waals surface area contributed by atoms with Gasteiger partial charge in [-0.05, 0) is 45.0 Å². The number of hydrogen-bond acceptors (Lipinski definition) is 6. The standard InChI is InChI=1S/C22H25NO5/c1-11(24)3-5-16(25)12-10-18(27)20-19-13(12)9-15-14-4-6-17(26)21(28-20)22(14,19)7-8-23(15)2/h4,6,10,14-15,17,21,26-27H,3,5,7-9H2,1-2H3/t14-,15+,17-,21-,22-/m0/s1. The molecule has 0 unspecified atom stereocenters. The minimum absolute atomic E-state index is 0.0217. The van der Waals surface area contributed by atoms with Gasteiger partial charge in [0.2, 0.25) is 0 Å². The summed E-state index contributed by atoms with van der Waals surface area (Å²) >= 11 is 0. The molecule has 2 aliphatic carbocycles. The van der Waals surface area contributed by atoms with Crippen molar-refractivity contribution >= 4 is 11.6 Å². The highest BCUT2D eigenvalue weighted by atomic mass is 16.5. The Kier molecular flexibility index (Phi) is 3.77. The molecule has 4 aliphatic rings. The van der Waals surface area contributed by atoms with E-state index < -0.39 is 17.6 Å². The Morgan fingerprint density at radius 1 is 1.32 bits per heavy atom. The van der Waals surface area contributed by atoms with Gasteiger partial charge in [0.15, 0.2) is 17.3 Å². The fourth-order valence-corrected chi connectivity index (χ4v) is 6.00. The predicted molar refractivity (Wildman–Crippen MR) is 102 cm³/mol. The molecule has 148 valence electrons. The van der Waals surface area contributed by atoms with E-state index in [4.69, 9.17) is 4.74 Å². The van der Waals surface area contributed by atoms with E-state index in [2.05, 4.69) is 18.0 Å². The van der Waals surface area contributed by atoms with Crippen LogP contribution in [0.1, 0.15) is 47.7 Å². The fraction of sp³-hybridized carbons (Fsp3) is 0.545. The molecule has 0 aromatic heterocycles. The van der Waals surface area contributed by atoms with Crippen molar-refractivity contribution in [1.82, 2.24) is 4.90 Å². The lowest BCUT2D eigenvalue weighted by Gasteiger charge is -2.56. The number of nitrogens with zero attached hydrogens (tertiary/aromatic N) is 1. The molecule has 0 saturated carbocycles. The first-order valence-corrected chi connectivity index (χ1v) is 10.00. The van der Waals surface area contributed by atoms with Crippen molar-refractivity contribution in [1.29, 1.82) is 0 Å². The Hall–Kier alpha value is -2.18. The van der Waals surface area contributed by atoms with Gasteiger partial charge in [-0.15, -0.1) is 0 Å². The molecular formula is C22H25NO5. The lowest BCUT2D eigenvalue weighted by molar-refractivity contribution is -0.116. The number of ether oxygens (including phenoxy) is 1. The molecule has 2 bridgehead atoms. The van der Waals surface area contributed by atoms with E-state index >= 15 is 0 Å². The number of rotatable bonds is 4. The summed E-state index contributed by atoms with van der Waals surface area (Å²) in [5.41, 5.74) is 1.94. The van der Waals surface area contributed by atoms with Crippen LogP contribution in [0.2, 0.25) is 0 Å². The number of hydrogen-bond donors (Lipinski definition) is 2. The molecule has 2 N–H and O–H groups in total. The maximum atomic E-state index is 12.9. The molecule has 1 fully saturated rings. The summed E-state index contributed by atoms with van der Waals surface area (Å²) in [6.07, 6.45) is 4.58. The minimum atomic E-state index is -0.741. The molecule has 6 heteroatoms. The van der Waals surface area contributed by atoms with Crippen molar-refractivity contribution < 1.29 is 24.5 Å². The highest BCUT2D eigenvalue weighted by Gasteiger charge is 2.64. The van der Waals surface area contributed by atoms with Crippen LogP contribution in [0.15, 0.2) is 18.2 Å². The predicted octanol–water partition coefficient (Wildman–Crippen LogP) is 1.75. The molecule has 28 heavy (non-hydrogen) atoms. The number of piperidine rings is 1. The Labute approximate surface area is 163 Å². The molecule has 0 radical (unpaired) electrons. The summed E-state index contributed by atoms with van der Waals surface area (Å²) < 4.78 is 6.15. The number of carbonyl (C=O) groups excluding carboxylic acids is 2. The number of likely N-dealkylation sites (tertiary alicyclic amines) is 1. The molecule has 6 nitrogen and oxygen atoms in total. The second kappa shape index (κ2) is 5.91. The fourth-order valence-electron chi connectivity index (χ4n) is 6.00. The third-order valence-electron chi connectivity index (χ3n) is 7.28. The van der Waals surface area contributed by atoms with Gasteiger partial charge < -0.3 is 24.6 Å². The number of phenolic OH excluding ortho intramolecular Hbond substituents is 1. The molecule has 1 aromatic rings. The number of aliphatic hydroxyl groups is 1. The molecular weight excluding hydrogens is 358 g/mol. The summed E-state index contributed by atoms with van der Waals surface area (Å²) in [5, 5.41) is 21.4. The number of Topliss-reactive ketones (excluding diaryl/α,β-unsaturated/α-hetero) is 2. The molecule has 0 amide bonds. The smallest absolute Gasteiger partial charge is 0.165 e. The first-order valence-electron chi connectivity index (χ1n) is 10.00. The van der Waals surface area contributed by atoms with Gasteiger partial charge in [0.1, 0.15) is 18.0 Å². The topological polar surface area (TPSA) is 87.1 Å². The second-order valence-corrected chi connectivity index (χ2v) is 8.73. The Bertz CT molecular complexity index is 922. The summed E-state index contributed by atoms with van der Waals surface area (Å²) in [4.78, 5) is 26.6. The lowest BCUT2D eigenvalue weighted by atomic mass is 9.53. The summed E-state index contributed by atoms with van der Waals surface area (Å²) in [5.74, 6) is 0.423. The van der Waals surface area contributed by atoms with Crippen molar-refractivity contribution in [2.24, 2.45) is 5.92 Å². The van der Waals surface area contributed by atoms with E-state index in [0.29, 0.717) is 17.7 Å². The van der Waals surface area contributed by atoms with Gasteiger partial charge in [0.05, 0.1) is 0 Å². The van der Waals surface area contributed by atoms with E-state index in [0.717, 1.165) is 24.1 Å². The van der Waals surface area contributed by atoms with Gasteiger partial charge in [-0.25, -0.2) is 0 Å². The van der Waals surface area contributed by atoms with Gasteiger partial charge in [-0.3, -0.25) is 4.79 Å². The third-order valence-corrected chi connectivity index (χ3v) is 7.28. The Morgan fingerprint density at radius 3 is 2.86 bits per heavy atom. The van der Waals surface area contributed by atoms with Crippen molar-refractivity contribution in [3.8, 4) is 11.5 Å². The van der Waals surface area contributed by atoms with Crippen LogP contribution in [-0.2, 0) is 16.6 Å². The maximum absolute atomic E-state index is 12.9. The highest BCUT2D eigenvalue weighted by Crippen LogP contribution is 2.63. The van der Waals surface area contributed by atoms with Crippen LogP contribution in [0.4, 0.5) is 0 Å². The summed E-state index contributed by atoms with van der Waals surface area (Å²) in [7, 11) is 2.10. The third kappa shape index (κ3) is 2.16. The van der Waals surface area contributed by atoms with Crippen LogP contribution in [0.5, 0.6) is 11.5 Å². The van der Waals surface area contributed by atoms with Crippen molar-refractivity contribution in [2.45, 2.75) is 56.3 Å². The quantitative estimate of drug-likeness (QED) is 0.609. The zero-order valence-electron chi connectivity index (χ0n) is 16.1. The van der Waals surface area contributed by atoms with Crippen LogP contribution >= 0.6 is 0 Å². The minimum Gasteiger partial charge on any atom is -0.504 e. The van der Waals surface area contributed by atoms with Crippen molar-refractivity contribution in [3.05, 3.63) is 34.9 Å². The largest absolute Gasteiger partial charge is 0.504 e. The molecule has 2 heterocycles. The first kappa shape index (κ1) is 17.9. The van der Waals surface area contributed by atoms with E-state index in [-0.39, 0.29) is 42.1 Å². The summed E-state index contributed by atoms with van der Waals surface area (Å²) in [6, 6.07) is 1.71. The number of carbonyl (C=O) groups is 2. The number of likely N-dealkylation sites (N-methyl/N-ethyl adjacent to an activating group) is 1. The van der Waals surface area contributed by atoms with Crippen LogP contribution < -0.4 is 4.74 Å². The molecule has 1 spiro atoms. The van der Waals surface area contributed by atoms with E-state index in [1.807, 2.05) is 6.08 Å². The van der Waals surface area contributed by atoms with Crippen LogP contribution in [0.3, 0.4) is 0 Å². The van der Waals surface area contributed by atoms with Gasteiger partial charge >= 0.3 is 0 Å². The van der Waals surface area contributed by atoms with Crippen molar-refractivity contribution in [3.63, 3.8) is 0 Å². The maximum Gasteiger partial charge on any atom is 0.165 e. The summed E-state index contributed by atoms with van der Waals surface area (Å²) in [6.45, 7) is 2.36. The normalized spacial score (nSPS) is 34.7. The molecule has 1 saturated heterocycles. The van der Waals surface area contributed by atoms with Crippen molar-refractivity contribution in [2.75, 3.05) is 13.6 Å². The Morgan fingerprint density at radius 2 is 2.11 bits per heavy atom. The highest BCUT2D eigenvalue weighted by molar-refractivity contribution is 6.00. The van der Waals surface area contributed by atoms with E-state index in [1.165, 1.54) is 13.0 Å². The average molecular weight is 383 g/mol. The zero-order valence-corrected chi connectivity index (χ0v) is 16.1. The molecule has 2 aliphatic heterocycles. The lowest BCUT2D eigenvalue weighted by Crippen LogP contribution is -2.64. The zero-order chi connectivity index (χ0) is 19.8. The van der Waals surface area contributed by atoms with Crippen LogP contribution in [0, 0.1) is 5.92 Å². The van der Waals surface area contributed by atoms with E-state index in [1.54, 1.807) is 0 Å². The molecule has 5 rings (SSSR count). The number of phenols is 1. The van der Waals surface area contributed by atoms with Crippen LogP contribution in [-0.4, -0.2) is 58.5 Å². The van der Waals surface area contributed by atoms with Gasteiger partial charge in [0, 0.05) is 41.3 Å². The van der Waals surface area contributed by atoms with E-state index in [9.17, 15) is 19.8 Å². The SMILES string of the molecule is CC(=O)CCC(=O)c1cc(O)c2c3c1C[C@@H]1[C@@H]4C=C[C@H](O)[C@H](O2)[C@]34CCN1C. The number of ketones is 2. The number of aliphatic hydroxyl groups excluding tert-OH is 1. The van der Waals surface area contributed by atoms with Gasteiger partial charge in [-0.2, -0.15) is 0 Å². The average Bonchev–Trinajstić information content (AvgIpc) is 3.01. The molecule has 1 aromatic carbocycles. The first-order chi connectivity index (χ1) is 13.3. The van der Waals surface area contributed by atoms with Gasteiger partial charge in [0.25, 0.3) is 0 Å². The monoisotopic (exact) mass is 383 g/mol. The second-order valence-electron chi connectivity index (χ2n) is 8.73.